The molecule has 0 radical (unpaired) electrons. The molecule has 0 aliphatic rings. The number of nitrogens with one attached hydrogen (secondary N) is 1. The number of aldehydes is 1. The standard InChI is InChI=1S/C29H36N6O.C4H4O/c1-6-9-21-15-16-31-25(19-21)32-29(36)23-13-11-22(12-14-23)26-27-20(4)30-17-18-35(27)28(33-26)24(10-7-2)34(5)8-3;1-2-3-4-5/h11-19,24H,6-10H2,1-5H3,(H,31,32,36);4H,1H3/t24-;/m0./s1. The number of rotatable bonds is 10. The Bertz CT molecular complexity index is 1510. The van der Waals surface area contributed by atoms with Gasteiger partial charge in [0.05, 0.1) is 22.9 Å². The number of aromatic nitrogens is 4. The number of hydrogen-bond donors (Lipinski definition) is 1. The fourth-order valence-corrected chi connectivity index (χ4v) is 4.71. The molecule has 0 unspecified atom stereocenters. The lowest BCUT2D eigenvalue weighted by atomic mass is 10.1. The molecule has 214 valence electrons. The van der Waals surface area contributed by atoms with E-state index in [0.717, 1.165) is 60.5 Å². The first-order valence-electron chi connectivity index (χ1n) is 14.1. The van der Waals surface area contributed by atoms with E-state index >= 15 is 0 Å². The Morgan fingerprint density at radius 2 is 1.85 bits per heavy atom. The van der Waals surface area contributed by atoms with Crippen molar-refractivity contribution in [3.8, 4) is 23.1 Å². The van der Waals surface area contributed by atoms with Gasteiger partial charge in [0.15, 0.2) is 6.29 Å². The molecule has 0 aliphatic heterocycles. The predicted octanol–water partition coefficient (Wildman–Crippen LogP) is 6.31. The lowest BCUT2D eigenvalue weighted by Gasteiger charge is -2.25. The van der Waals surface area contributed by atoms with E-state index in [1.165, 1.54) is 5.56 Å². The van der Waals surface area contributed by atoms with Crippen LogP contribution in [0.4, 0.5) is 5.82 Å². The molecule has 0 saturated heterocycles. The number of anilines is 1. The van der Waals surface area contributed by atoms with E-state index < -0.39 is 0 Å². The predicted molar refractivity (Wildman–Crippen MR) is 165 cm³/mol. The molecule has 1 atom stereocenters. The summed E-state index contributed by atoms with van der Waals surface area (Å²) in [5.41, 5.74) is 5.54. The van der Waals surface area contributed by atoms with Crippen molar-refractivity contribution in [1.82, 2.24) is 24.3 Å². The molecule has 4 aromatic rings. The number of nitrogens with zero attached hydrogens (tertiary/aromatic N) is 5. The zero-order valence-electron chi connectivity index (χ0n) is 24.9. The van der Waals surface area contributed by atoms with Gasteiger partial charge in [-0.3, -0.25) is 23.9 Å². The first kappa shape index (κ1) is 31.2. The monoisotopic (exact) mass is 552 g/mol. The lowest BCUT2D eigenvalue weighted by Crippen LogP contribution is -2.26. The SMILES string of the molecule is CC#CC=O.CCCc1ccnc(NC(=O)c2ccc(-c3nc([C@H](CCC)N(C)CC)n4ccnc(C)c34)cc2)c1. The Morgan fingerprint density at radius 3 is 2.46 bits per heavy atom. The largest absolute Gasteiger partial charge is 0.307 e. The van der Waals surface area contributed by atoms with E-state index in [2.05, 4.69) is 64.2 Å². The molecule has 0 bridgehead atoms. The fourth-order valence-electron chi connectivity index (χ4n) is 4.71. The van der Waals surface area contributed by atoms with E-state index in [9.17, 15) is 9.59 Å². The summed E-state index contributed by atoms with van der Waals surface area (Å²) in [4.78, 5) is 38.4. The molecular formula is C33H40N6O2. The highest BCUT2D eigenvalue weighted by molar-refractivity contribution is 6.04. The first-order valence-corrected chi connectivity index (χ1v) is 14.1. The van der Waals surface area contributed by atoms with Gasteiger partial charge in [-0.15, -0.1) is 0 Å². The highest BCUT2D eigenvalue weighted by Crippen LogP contribution is 2.32. The number of amides is 1. The molecule has 0 spiro atoms. The van der Waals surface area contributed by atoms with Crippen LogP contribution in [0.15, 0.2) is 55.0 Å². The normalized spacial score (nSPS) is 11.3. The van der Waals surface area contributed by atoms with Gasteiger partial charge in [-0.2, -0.15) is 0 Å². The van der Waals surface area contributed by atoms with E-state index in [1.54, 1.807) is 13.1 Å². The van der Waals surface area contributed by atoms with Crippen molar-refractivity contribution >= 4 is 23.5 Å². The molecule has 0 aliphatic carbocycles. The van der Waals surface area contributed by atoms with Crippen molar-refractivity contribution in [2.75, 3.05) is 18.9 Å². The van der Waals surface area contributed by atoms with Crippen LogP contribution in [0.5, 0.6) is 0 Å². The van der Waals surface area contributed by atoms with Crippen molar-refractivity contribution < 1.29 is 9.59 Å². The number of carbonyl (C=O) groups excluding carboxylic acids is 2. The zero-order valence-corrected chi connectivity index (χ0v) is 24.9. The highest BCUT2D eigenvalue weighted by Gasteiger charge is 2.24. The van der Waals surface area contributed by atoms with Crippen molar-refractivity contribution in [3.63, 3.8) is 0 Å². The number of imidazole rings is 1. The zero-order chi connectivity index (χ0) is 29.8. The van der Waals surface area contributed by atoms with Gasteiger partial charge in [-0.25, -0.2) is 9.97 Å². The van der Waals surface area contributed by atoms with Gasteiger partial charge >= 0.3 is 0 Å². The van der Waals surface area contributed by atoms with Gasteiger partial charge < -0.3 is 5.32 Å². The summed E-state index contributed by atoms with van der Waals surface area (Å²) in [7, 11) is 2.15. The molecular weight excluding hydrogens is 512 g/mol. The van der Waals surface area contributed by atoms with Crippen LogP contribution < -0.4 is 5.32 Å². The maximum atomic E-state index is 12.9. The molecule has 1 amide bonds. The molecule has 3 aromatic heterocycles. The minimum absolute atomic E-state index is 0.177. The van der Waals surface area contributed by atoms with Crippen molar-refractivity contribution in [3.05, 3.63) is 77.6 Å². The average Bonchev–Trinajstić information content (AvgIpc) is 3.37. The van der Waals surface area contributed by atoms with Crippen LogP contribution in [0.2, 0.25) is 0 Å². The topological polar surface area (TPSA) is 92.5 Å². The third-order valence-electron chi connectivity index (χ3n) is 6.88. The molecule has 3 heterocycles. The number of carbonyl (C=O) groups is 2. The number of benzene rings is 1. The molecule has 8 heteroatoms. The summed E-state index contributed by atoms with van der Waals surface area (Å²) in [6.07, 6.45) is 10.3. The van der Waals surface area contributed by atoms with Gasteiger partial charge in [0, 0.05) is 29.7 Å². The molecule has 1 N–H and O–H groups in total. The van der Waals surface area contributed by atoms with Gasteiger partial charge in [0.2, 0.25) is 0 Å². The Kier molecular flexibility index (Phi) is 11.7. The summed E-state index contributed by atoms with van der Waals surface area (Å²) in [6.45, 7) is 11.1. The summed E-state index contributed by atoms with van der Waals surface area (Å²) < 4.78 is 2.18. The van der Waals surface area contributed by atoms with Crippen LogP contribution in [0, 0.1) is 18.8 Å². The van der Waals surface area contributed by atoms with Crippen molar-refractivity contribution in [2.45, 2.75) is 66.3 Å². The van der Waals surface area contributed by atoms with Gasteiger partial charge in [-0.1, -0.05) is 51.7 Å². The summed E-state index contributed by atoms with van der Waals surface area (Å²) in [6, 6.07) is 11.8. The third-order valence-corrected chi connectivity index (χ3v) is 6.88. The molecule has 0 fully saturated rings. The second-order valence-electron chi connectivity index (χ2n) is 9.77. The number of hydrogen-bond acceptors (Lipinski definition) is 6. The Morgan fingerprint density at radius 1 is 1.10 bits per heavy atom. The molecule has 0 saturated carbocycles. The maximum Gasteiger partial charge on any atom is 0.256 e. The molecule has 41 heavy (non-hydrogen) atoms. The van der Waals surface area contributed by atoms with Gasteiger partial charge in [0.1, 0.15) is 11.6 Å². The highest BCUT2D eigenvalue weighted by atomic mass is 16.1. The Labute approximate surface area is 243 Å². The van der Waals surface area contributed by atoms with Crippen LogP contribution in [-0.4, -0.2) is 50.0 Å². The summed E-state index contributed by atoms with van der Waals surface area (Å²) in [5, 5.41) is 2.92. The number of pyridine rings is 1. The van der Waals surface area contributed by atoms with E-state index in [0.29, 0.717) is 17.7 Å². The van der Waals surface area contributed by atoms with Gasteiger partial charge in [-0.05, 0) is 76.0 Å². The van der Waals surface area contributed by atoms with E-state index in [-0.39, 0.29) is 11.9 Å². The Hall–Kier alpha value is -4.35. The molecule has 8 nitrogen and oxygen atoms in total. The minimum atomic E-state index is -0.177. The average molecular weight is 553 g/mol. The summed E-state index contributed by atoms with van der Waals surface area (Å²) >= 11 is 0. The van der Waals surface area contributed by atoms with Crippen molar-refractivity contribution in [2.24, 2.45) is 0 Å². The third kappa shape index (κ3) is 7.86. The molecule has 4 rings (SSSR count). The van der Waals surface area contributed by atoms with Crippen LogP contribution in [0.1, 0.15) is 80.4 Å². The van der Waals surface area contributed by atoms with Crippen LogP contribution >= 0.6 is 0 Å². The number of aryl methyl sites for hydroxylation is 2. The van der Waals surface area contributed by atoms with Crippen LogP contribution in [0.3, 0.4) is 0 Å². The maximum absolute atomic E-state index is 12.9. The summed E-state index contributed by atoms with van der Waals surface area (Å²) in [5.74, 6) is 6.00. The molecule has 1 aromatic carbocycles. The minimum Gasteiger partial charge on any atom is -0.307 e. The second kappa shape index (κ2) is 15.4. The van der Waals surface area contributed by atoms with Crippen LogP contribution in [0.25, 0.3) is 16.8 Å². The van der Waals surface area contributed by atoms with Crippen molar-refractivity contribution in [1.29, 1.82) is 0 Å². The number of fused-ring (bicyclic) bond motifs is 1. The van der Waals surface area contributed by atoms with E-state index in [4.69, 9.17) is 4.98 Å². The fraction of sp³-hybridized carbons (Fsp3) is 0.364. The van der Waals surface area contributed by atoms with E-state index in [1.807, 2.05) is 55.7 Å². The first-order chi connectivity index (χ1) is 19.9. The quantitative estimate of drug-likeness (QED) is 0.183. The smallest absolute Gasteiger partial charge is 0.256 e. The van der Waals surface area contributed by atoms with Crippen LogP contribution in [-0.2, 0) is 11.2 Å². The lowest BCUT2D eigenvalue weighted by molar-refractivity contribution is -0.103. The second-order valence-corrected chi connectivity index (χ2v) is 9.77. The Balaban J connectivity index is 0.000000850. The van der Waals surface area contributed by atoms with Gasteiger partial charge in [0.25, 0.3) is 5.91 Å².